The first-order valence-electron chi connectivity index (χ1n) is 13.3. The smallest absolute Gasteiger partial charge is 0.247 e. The number of ether oxygens (including phenoxy) is 2. The number of nitrogens with zero attached hydrogens (tertiary/aromatic N) is 6. The van der Waals surface area contributed by atoms with Gasteiger partial charge in [-0.3, -0.25) is 9.69 Å². The molecule has 39 heavy (non-hydrogen) atoms. The topological polar surface area (TPSA) is 110 Å². The number of rotatable bonds is 13. The number of likely N-dealkylation sites (N-methyl/N-ethyl adjacent to an activating group) is 1. The molecule has 3 heterocycles. The minimum Gasteiger partial charge on any atom is -0.494 e. The average Bonchev–Trinajstić information content (AvgIpc) is 3.68. The Morgan fingerprint density at radius 3 is 2.74 bits per heavy atom. The summed E-state index contributed by atoms with van der Waals surface area (Å²) < 4.78 is 12.8. The number of benzene rings is 1. The molecule has 0 unspecified atom stereocenters. The molecule has 1 aromatic carbocycles. The summed E-state index contributed by atoms with van der Waals surface area (Å²) in [5.74, 6) is 1.88. The maximum absolute atomic E-state index is 12.2. The molecule has 1 aliphatic heterocycles. The van der Waals surface area contributed by atoms with Crippen LogP contribution in [0.3, 0.4) is 0 Å². The zero-order chi connectivity index (χ0) is 27.4. The largest absolute Gasteiger partial charge is 0.494 e. The summed E-state index contributed by atoms with van der Waals surface area (Å²) in [6.07, 6.45) is 8.70. The van der Waals surface area contributed by atoms with Crippen LogP contribution >= 0.6 is 0 Å². The maximum Gasteiger partial charge on any atom is 0.247 e. The second-order valence-corrected chi connectivity index (χ2v) is 9.93. The summed E-state index contributed by atoms with van der Waals surface area (Å²) in [4.78, 5) is 25.8. The molecule has 1 amide bonds. The maximum atomic E-state index is 12.2. The van der Waals surface area contributed by atoms with Gasteiger partial charge in [-0.15, -0.1) is 0 Å². The normalized spacial score (nSPS) is 14.9. The van der Waals surface area contributed by atoms with Crippen LogP contribution in [0.5, 0.6) is 5.75 Å². The molecule has 5 rings (SSSR count). The quantitative estimate of drug-likeness (QED) is 0.318. The number of hydrogen-bond acceptors (Lipinski definition) is 9. The van der Waals surface area contributed by atoms with Gasteiger partial charge in [0, 0.05) is 63.3 Å². The van der Waals surface area contributed by atoms with Crippen molar-refractivity contribution in [2.75, 3.05) is 63.0 Å². The van der Waals surface area contributed by atoms with Crippen LogP contribution in [0, 0.1) is 0 Å². The predicted molar refractivity (Wildman–Crippen MR) is 151 cm³/mol. The van der Waals surface area contributed by atoms with Crippen molar-refractivity contribution in [3.05, 3.63) is 54.5 Å². The minimum atomic E-state index is -0.315. The SMILES string of the molecule is C=CC(=O)Nc1cc(Nc2nccc(-n3cc(CN4CCC4)c(C4CC4)n3)n2)c(OC)cc1N(C)CCOC. The highest BCUT2D eigenvalue weighted by molar-refractivity contribution is 6.02. The molecule has 11 heteroatoms. The number of anilines is 4. The molecule has 0 radical (unpaired) electrons. The molecule has 0 atom stereocenters. The van der Waals surface area contributed by atoms with E-state index in [9.17, 15) is 4.79 Å². The molecule has 1 aliphatic carbocycles. The first-order valence-corrected chi connectivity index (χ1v) is 13.3. The summed E-state index contributed by atoms with van der Waals surface area (Å²) in [5, 5.41) is 11.1. The Hall–Kier alpha value is -3.96. The lowest BCUT2D eigenvalue weighted by atomic mass is 10.1. The van der Waals surface area contributed by atoms with E-state index in [1.807, 2.05) is 28.8 Å². The van der Waals surface area contributed by atoms with E-state index in [0.29, 0.717) is 48.0 Å². The van der Waals surface area contributed by atoms with Crippen molar-refractivity contribution in [3.63, 3.8) is 0 Å². The van der Waals surface area contributed by atoms with Crippen LogP contribution in [-0.2, 0) is 16.1 Å². The molecule has 206 valence electrons. The van der Waals surface area contributed by atoms with Crippen LogP contribution in [0.4, 0.5) is 23.0 Å². The third kappa shape index (κ3) is 6.21. The van der Waals surface area contributed by atoms with E-state index < -0.39 is 0 Å². The third-order valence-electron chi connectivity index (χ3n) is 7.05. The van der Waals surface area contributed by atoms with E-state index in [0.717, 1.165) is 25.3 Å². The number of hydrogen-bond donors (Lipinski definition) is 2. The van der Waals surface area contributed by atoms with E-state index >= 15 is 0 Å². The van der Waals surface area contributed by atoms with Crippen molar-refractivity contribution in [1.29, 1.82) is 0 Å². The Kier molecular flexibility index (Phi) is 8.08. The van der Waals surface area contributed by atoms with Gasteiger partial charge in [-0.2, -0.15) is 10.1 Å². The zero-order valence-electron chi connectivity index (χ0n) is 22.8. The van der Waals surface area contributed by atoms with Crippen LogP contribution in [0.25, 0.3) is 5.82 Å². The number of carbonyl (C=O) groups is 1. The van der Waals surface area contributed by atoms with Gasteiger partial charge in [-0.1, -0.05) is 6.58 Å². The van der Waals surface area contributed by atoms with Gasteiger partial charge in [-0.05, 0) is 44.5 Å². The number of amides is 1. The van der Waals surface area contributed by atoms with Gasteiger partial charge >= 0.3 is 0 Å². The molecule has 0 bridgehead atoms. The van der Waals surface area contributed by atoms with Gasteiger partial charge in [0.15, 0.2) is 5.82 Å². The molecule has 1 saturated carbocycles. The standard InChI is InChI=1S/C28H36N8O3/c1-5-26(37)30-21-15-22(24(39-4)16-23(21)34(2)13-14-38-3)31-28-29-10-9-25(32-28)36-18-20(17-35-11-6-12-35)27(33-36)19-7-8-19/h5,9-10,15-16,18-19H,1,6-8,11-14,17H2,2-4H3,(H,30,37)(H,29,31,32). The summed E-state index contributed by atoms with van der Waals surface area (Å²) in [7, 11) is 5.17. The Bertz CT molecular complexity index is 1330. The van der Waals surface area contributed by atoms with Crippen molar-refractivity contribution < 1.29 is 14.3 Å². The van der Waals surface area contributed by atoms with E-state index in [4.69, 9.17) is 19.6 Å². The van der Waals surface area contributed by atoms with E-state index in [1.165, 1.54) is 36.6 Å². The fourth-order valence-electron chi connectivity index (χ4n) is 4.58. The van der Waals surface area contributed by atoms with Crippen LogP contribution in [-0.4, -0.2) is 78.1 Å². The second-order valence-electron chi connectivity index (χ2n) is 9.93. The van der Waals surface area contributed by atoms with Crippen LogP contribution in [0.15, 0.2) is 43.2 Å². The highest BCUT2D eigenvalue weighted by atomic mass is 16.5. The molecule has 3 aromatic rings. The Labute approximate surface area is 228 Å². The van der Waals surface area contributed by atoms with Crippen molar-refractivity contribution in [2.45, 2.75) is 31.7 Å². The van der Waals surface area contributed by atoms with E-state index in [-0.39, 0.29) is 5.91 Å². The highest BCUT2D eigenvalue weighted by Crippen LogP contribution is 2.41. The van der Waals surface area contributed by atoms with Gasteiger partial charge in [0.05, 0.1) is 36.5 Å². The molecular formula is C28H36N8O3. The number of aromatic nitrogens is 4. The summed E-state index contributed by atoms with van der Waals surface area (Å²) in [6.45, 7) is 7.96. The van der Waals surface area contributed by atoms with Gasteiger partial charge in [-0.25, -0.2) is 9.67 Å². The number of methoxy groups -OCH3 is 2. The fourth-order valence-corrected chi connectivity index (χ4v) is 4.58. The fraction of sp³-hybridized carbons (Fsp3) is 0.429. The van der Waals surface area contributed by atoms with Crippen LogP contribution < -0.4 is 20.3 Å². The van der Waals surface area contributed by atoms with Gasteiger partial charge in [0.25, 0.3) is 0 Å². The van der Waals surface area contributed by atoms with Gasteiger partial charge in [0.2, 0.25) is 11.9 Å². The number of likely N-dealkylation sites (tertiary alicyclic amines) is 1. The Morgan fingerprint density at radius 2 is 2.08 bits per heavy atom. The average molecular weight is 533 g/mol. The molecule has 2 aliphatic rings. The number of carbonyl (C=O) groups excluding carboxylic acids is 1. The Balaban J connectivity index is 1.43. The molecule has 2 N–H and O–H groups in total. The van der Waals surface area contributed by atoms with Crippen molar-refractivity contribution in [2.24, 2.45) is 0 Å². The van der Waals surface area contributed by atoms with Crippen molar-refractivity contribution in [1.82, 2.24) is 24.6 Å². The molecule has 1 saturated heterocycles. The predicted octanol–water partition coefficient (Wildman–Crippen LogP) is 3.70. The summed E-state index contributed by atoms with van der Waals surface area (Å²) in [6, 6.07) is 5.51. The summed E-state index contributed by atoms with van der Waals surface area (Å²) >= 11 is 0. The lowest BCUT2D eigenvalue weighted by Crippen LogP contribution is -2.36. The van der Waals surface area contributed by atoms with E-state index in [1.54, 1.807) is 26.5 Å². The first-order chi connectivity index (χ1) is 19.0. The molecule has 0 spiro atoms. The van der Waals surface area contributed by atoms with Crippen molar-refractivity contribution >= 4 is 28.9 Å². The lowest BCUT2D eigenvalue weighted by molar-refractivity contribution is -0.111. The third-order valence-corrected chi connectivity index (χ3v) is 7.05. The number of nitrogens with one attached hydrogen (secondary N) is 2. The minimum absolute atomic E-state index is 0.315. The van der Waals surface area contributed by atoms with Crippen LogP contribution in [0.1, 0.15) is 36.4 Å². The van der Waals surface area contributed by atoms with Crippen molar-refractivity contribution in [3.8, 4) is 11.6 Å². The van der Waals surface area contributed by atoms with Crippen LogP contribution in [0.2, 0.25) is 0 Å². The summed E-state index contributed by atoms with van der Waals surface area (Å²) in [5.41, 5.74) is 4.44. The lowest BCUT2D eigenvalue weighted by Gasteiger charge is -2.30. The molecular weight excluding hydrogens is 496 g/mol. The Morgan fingerprint density at radius 1 is 1.26 bits per heavy atom. The second kappa shape index (κ2) is 11.8. The van der Waals surface area contributed by atoms with E-state index in [2.05, 4.69) is 33.3 Å². The molecule has 2 aromatic heterocycles. The zero-order valence-corrected chi connectivity index (χ0v) is 22.8. The van der Waals surface area contributed by atoms with Gasteiger partial charge in [0.1, 0.15) is 5.75 Å². The molecule has 11 nitrogen and oxygen atoms in total. The first kappa shape index (κ1) is 26.6. The highest BCUT2D eigenvalue weighted by Gasteiger charge is 2.30. The molecule has 2 fully saturated rings. The monoisotopic (exact) mass is 532 g/mol. The van der Waals surface area contributed by atoms with Gasteiger partial charge < -0.3 is 25.0 Å².